The van der Waals surface area contributed by atoms with Crippen LogP contribution in [0.3, 0.4) is 0 Å². The van der Waals surface area contributed by atoms with Crippen molar-refractivity contribution in [2.45, 2.75) is 44.5 Å². The van der Waals surface area contributed by atoms with Crippen LogP contribution in [-0.4, -0.2) is 41.1 Å². The van der Waals surface area contributed by atoms with Crippen molar-refractivity contribution in [2.24, 2.45) is 22.4 Å². The maximum Gasteiger partial charge on any atom is 0.240 e. The maximum absolute atomic E-state index is 12.5. The fraction of sp³-hybridized carbons (Fsp3) is 0.320. The van der Waals surface area contributed by atoms with E-state index in [1.807, 2.05) is 66.7 Å². The van der Waals surface area contributed by atoms with Crippen molar-refractivity contribution in [1.29, 1.82) is 5.26 Å². The number of amides is 1. The maximum atomic E-state index is 12.5. The Bertz CT molecular complexity index is 995. The Balaban J connectivity index is 2.15. The molecule has 0 aliphatic rings. The second-order valence-corrected chi connectivity index (χ2v) is 8.35. The number of nitriles is 1. The summed E-state index contributed by atoms with van der Waals surface area (Å²) < 4.78 is 5.77. The topological polar surface area (TPSA) is 156 Å². The predicted octanol–water partition coefficient (Wildman–Crippen LogP) is 1.87. The minimum Gasteiger partial charge on any atom is -0.384 e. The fourth-order valence-electron chi connectivity index (χ4n) is 2.82. The monoisotopic (exact) mass is 463 g/mol. The first kappa shape index (κ1) is 26.5. The predicted molar refractivity (Wildman–Crippen MR) is 133 cm³/mol. The lowest BCUT2D eigenvalue weighted by atomic mass is 10.1. The van der Waals surface area contributed by atoms with Gasteiger partial charge in [0.15, 0.2) is 0 Å². The lowest BCUT2D eigenvalue weighted by Crippen LogP contribution is -2.57. The molecule has 0 spiro atoms. The molecule has 2 rings (SSSR count). The highest BCUT2D eigenvalue weighted by Gasteiger charge is 2.27. The zero-order valence-corrected chi connectivity index (χ0v) is 19.6. The van der Waals surface area contributed by atoms with Gasteiger partial charge in [0.25, 0.3) is 0 Å². The molecule has 7 N–H and O–H groups in total. The second kappa shape index (κ2) is 13.1. The Hall–Kier alpha value is -3.71. The quantitative estimate of drug-likeness (QED) is 0.162. The number of benzene rings is 2. The molecule has 0 radical (unpaired) electrons. The number of rotatable bonds is 12. The van der Waals surface area contributed by atoms with Gasteiger partial charge >= 0.3 is 0 Å². The van der Waals surface area contributed by atoms with E-state index in [0.717, 1.165) is 16.2 Å². The molecule has 2 aromatic rings. The molecule has 0 aromatic heterocycles. The SMILES string of the molecule is CC(C)(N)C(=O)N[C@H](COCc1ccccc1)/C(N)=N/N(N)C(/C=C/c1ccccc1)CC#N. The zero-order valence-electron chi connectivity index (χ0n) is 19.6. The van der Waals surface area contributed by atoms with E-state index in [1.54, 1.807) is 19.9 Å². The number of ether oxygens (including phenoxy) is 1. The van der Waals surface area contributed by atoms with Crippen LogP contribution in [0, 0.1) is 11.3 Å². The van der Waals surface area contributed by atoms with Gasteiger partial charge in [-0.25, -0.2) is 11.0 Å². The first-order valence-electron chi connectivity index (χ1n) is 10.9. The van der Waals surface area contributed by atoms with E-state index in [1.165, 1.54) is 0 Å². The molecule has 0 heterocycles. The fourth-order valence-corrected chi connectivity index (χ4v) is 2.82. The first-order chi connectivity index (χ1) is 16.2. The lowest BCUT2D eigenvalue weighted by molar-refractivity contribution is -0.125. The average molecular weight is 464 g/mol. The van der Waals surface area contributed by atoms with Crippen molar-refractivity contribution in [3.8, 4) is 6.07 Å². The van der Waals surface area contributed by atoms with E-state index in [-0.39, 0.29) is 18.9 Å². The molecule has 34 heavy (non-hydrogen) atoms. The van der Waals surface area contributed by atoms with E-state index in [4.69, 9.17) is 22.0 Å². The number of amidine groups is 1. The summed E-state index contributed by atoms with van der Waals surface area (Å²) in [4.78, 5) is 12.5. The molecule has 0 bridgehead atoms. The second-order valence-electron chi connectivity index (χ2n) is 8.35. The molecule has 2 atom stereocenters. The highest BCUT2D eigenvalue weighted by molar-refractivity contribution is 5.93. The van der Waals surface area contributed by atoms with Gasteiger partial charge < -0.3 is 21.5 Å². The van der Waals surface area contributed by atoms with E-state index in [9.17, 15) is 10.1 Å². The molecular formula is C25H33N7O2. The third-order valence-corrected chi connectivity index (χ3v) is 4.83. The molecule has 180 valence electrons. The van der Waals surface area contributed by atoms with Gasteiger partial charge in [0.05, 0.1) is 37.3 Å². The molecule has 0 saturated carbocycles. The summed E-state index contributed by atoms with van der Waals surface area (Å²) >= 11 is 0. The van der Waals surface area contributed by atoms with Crippen LogP contribution in [0.4, 0.5) is 0 Å². The van der Waals surface area contributed by atoms with Crippen LogP contribution < -0.4 is 22.6 Å². The summed E-state index contributed by atoms with van der Waals surface area (Å²) in [5.41, 5.74) is 12.9. The third kappa shape index (κ3) is 9.03. The van der Waals surface area contributed by atoms with Crippen molar-refractivity contribution in [2.75, 3.05) is 6.61 Å². The largest absolute Gasteiger partial charge is 0.384 e. The molecule has 0 aliphatic carbocycles. The standard InChI is InChI=1S/C25H33N7O2/c1-25(2,28)24(33)30-22(18-34-17-20-11-7-4-8-12-20)23(27)31-32(29)21(15-16-26)14-13-19-9-5-3-6-10-19/h3-14,21-22H,15,17-18,28-29H2,1-2H3,(H2,27,31)(H,30,33)/b14-13+/t21?,22-/m1/s1. The number of nitrogens with zero attached hydrogens (tertiary/aromatic N) is 3. The van der Waals surface area contributed by atoms with Crippen molar-refractivity contribution >= 4 is 17.8 Å². The Morgan fingerprint density at radius 1 is 1.21 bits per heavy atom. The Kier molecular flexibility index (Phi) is 10.2. The van der Waals surface area contributed by atoms with E-state index < -0.39 is 23.5 Å². The lowest BCUT2D eigenvalue weighted by Gasteiger charge is -2.26. The van der Waals surface area contributed by atoms with E-state index in [2.05, 4.69) is 16.5 Å². The van der Waals surface area contributed by atoms with Gasteiger partial charge in [-0.15, -0.1) is 5.10 Å². The van der Waals surface area contributed by atoms with Crippen LogP contribution in [0.15, 0.2) is 71.8 Å². The molecule has 9 nitrogen and oxygen atoms in total. The summed E-state index contributed by atoms with van der Waals surface area (Å²) in [7, 11) is 0. The van der Waals surface area contributed by atoms with Gasteiger partial charge in [-0.3, -0.25) is 4.79 Å². The molecular weight excluding hydrogens is 430 g/mol. The average Bonchev–Trinajstić information content (AvgIpc) is 2.81. The van der Waals surface area contributed by atoms with E-state index >= 15 is 0 Å². The Morgan fingerprint density at radius 3 is 2.41 bits per heavy atom. The van der Waals surface area contributed by atoms with Crippen LogP contribution in [-0.2, 0) is 16.1 Å². The molecule has 1 unspecified atom stereocenters. The summed E-state index contributed by atoms with van der Waals surface area (Å²) in [6, 6.07) is 20.0. The van der Waals surface area contributed by atoms with Crippen LogP contribution in [0.5, 0.6) is 0 Å². The number of hydrogen-bond donors (Lipinski definition) is 4. The van der Waals surface area contributed by atoms with Crippen molar-refractivity contribution < 1.29 is 9.53 Å². The van der Waals surface area contributed by atoms with Gasteiger partial charge in [-0.2, -0.15) is 5.26 Å². The molecule has 9 heteroatoms. The van der Waals surface area contributed by atoms with Crippen LogP contribution in [0.2, 0.25) is 0 Å². The number of hydrazine groups is 1. The number of hydrazone groups is 1. The normalized spacial score (nSPS) is 13.8. The van der Waals surface area contributed by atoms with Crippen molar-refractivity contribution in [3.63, 3.8) is 0 Å². The summed E-state index contributed by atoms with van der Waals surface area (Å²) in [5.74, 6) is 5.74. The molecule has 1 amide bonds. The van der Waals surface area contributed by atoms with Crippen LogP contribution >= 0.6 is 0 Å². The van der Waals surface area contributed by atoms with Gasteiger partial charge in [-0.05, 0) is 25.0 Å². The highest BCUT2D eigenvalue weighted by Crippen LogP contribution is 2.09. The third-order valence-electron chi connectivity index (χ3n) is 4.83. The number of nitrogens with one attached hydrogen (secondary N) is 1. The minimum atomic E-state index is -1.12. The molecule has 0 fully saturated rings. The smallest absolute Gasteiger partial charge is 0.240 e. The van der Waals surface area contributed by atoms with Gasteiger partial charge in [0.1, 0.15) is 11.9 Å². The van der Waals surface area contributed by atoms with Crippen LogP contribution in [0.1, 0.15) is 31.4 Å². The number of carbonyl (C=O) groups excluding carboxylic acids is 1. The van der Waals surface area contributed by atoms with E-state index in [0.29, 0.717) is 6.61 Å². The van der Waals surface area contributed by atoms with Gasteiger partial charge in [-0.1, -0.05) is 72.8 Å². The Morgan fingerprint density at radius 2 is 1.82 bits per heavy atom. The number of carbonyl (C=O) groups is 1. The van der Waals surface area contributed by atoms with Crippen LogP contribution in [0.25, 0.3) is 6.08 Å². The Labute approximate surface area is 200 Å². The first-order valence-corrected chi connectivity index (χ1v) is 10.9. The zero-order chi connectivity index (χ0) is 25.0. The van der Waals surface area contributed by atoms with Crippen molar-refractivity contribution in [1.82, 2.24) is 10.4 Å². The molecule has 2 aromatic carbocycles. The summed E-state index contributed by atoms with van der Waals surface area (Å²) in [6.07, 6.45) is 3.72. The molecule has 0 saturated heterocycles. The number of nitrogens with two attached hydrogens (primary N) is 3. The summed E-state index contributed by atoms with van der Waals surface area (Å²) in [5, 5.41) is 17.3. The van der Waals surface area contributed by atoms with Gasteiger partial charge in [0.2, 0.25) is 5.91 Å². The summed E-state index contributed by atoms with van der Waals surface area (Å²) in [6.45, 7) is 3.56. The van der Waals surface area contributed by atoms with Gasteiger partial charge in [0, 0.05) is 0 Å². The molecule has 0 aliphatic heterocycles. The minimum absolute atomic E-state index is 0.0317. The highest BCUT2D eigenvalue weighted by atomic mass is 16.5. The van der Waals surface area contributed by atoms with Crippen molar-refractivity contribution in [3.05, 3.63) is 77.9 Å². The number of hydrogen-bond acceptors (Lipinski definition) is 7.